The molecule has 0 fully saturated rings. The van der Waals surface area contributed by atoms with Crippen molar-refractivity contribution in [1.29, 1.82) is 0 Å². The summed E-state index contributed by atoms with van der Waals surface area (Å²) in [6.07, 6.45) is 0.788. The summed E-state index contributed by atoms with van der Waals surface area (Å²) in [4.78, 5) is 12.9. The quantitative estimate of drug-likeness (QED) is 0.586. The fraction of sp³-hybridized carbons (Fsp3) is 0.208. The lowest BCUT2D eigenvalue weighted by Crippen LogP contribution is -2.28. The van der Waals surface area contributed by atoms with Crippen LogP contribution in [0.5, 0.6) is 0 Å². The number of carbonyl (C=O) groups excluding carboxylic acids is 1. The Bertz CT molecular complexity index is 1070. The predicted octanol–water partition coefficient (Wildman–Crippen LogP) is 4.39. The van der Waals surface area contributed by atoms with Gasteiger partial charge in [0.2, 0.25) is 10.0 Å². The third kappa shape index (κ3) is 5.14. The zero-order valence-electron chi connectivity index (χ0n) is 17.2. The van der Waals surface area contributed by atoms with Gasteiger partial charge in [-0.05, 0) is 41.8 Å². The summed E-state index contributed by atoms with van der Waals surface area (Å²) >= 11 is 0. The summed E-state index contributed by atoms with van der Waals surface area (Å²) in [5, 5.41) is 3.06. The zero-order chi connectivity index (χ0) is 21.6. The number of hydrogen-bond donors (Lipinski definition) is 1. The van der Waals surface area contributed by atoms with Crippen LogP contribution in [0.4, 0.5) is 0 Å². The summed E-state index contributed by atoms with van der Waals surface area (Å²) in [6, 6.07) is 25.2. The van der Waals surface area contributed by atoms with Gasteiger partial charge < -0.3 is 5.32 Å². The molecule has 1 unspecified atom stereocenters. The Morgan fingerprint density at radius 2 is 1.47 bits per heavy atom. The van der Waals surface area contributed by atoms with E-state index in [2.05, 4.69) is 5.32 Å². The molecule has 0 aliphatic rings. The second kappa shape index (κ2) is 9.69. The highest BCUT2D eigenvalue weighted by molar-refractivity contribution is 7.89. The number of amides is 1. The van der Waals surface area contributed by atoms with Crippen molar-refractivity contribution in [3.63, 3.8) is 0 Å². The van der Waals surface area contributed by atoms with E-state index in [9.17, 15) is 13.2 Å². The SMILES string of the molecule is CCC(NC(=O)c1ccc(CN(C)S(=O)(=O)c2ccccc2)cc1)c1ccccc1. The monoisotopic (exact) mass is 422 g/mol. The highest BCUT2D eigenvalue weighted by Gasteiger charge is 2.20. The second-order valence-corrected chi connectivity index (χ2v) is 9.16. The molecule has 156 valence electrons. The average molecular weight is 423 g/mol. The summed E-state index contributed by atoms with van der Waals surface area (Å²) in [5.74, 6) is -0.150. The first-order chi connectivity index (χ1) is 14.4. The van der Waals surface area contributed by atoms with Gasteiger partial charge in [-0.25, -0.2) is 8.42 Å². The number of nitrogens with one attached hydrogen (secondary N) is 1. The molecule has 0 bridgehead atoms. The Morgan fingerprint density at radius 3 is 2.03 bits per heavy atom. The van der Waals surface area contributed by atoms with Gasteiger partial charge in [-0.1, -0.05) is 67.6 Å². The highest BCUT2D eigenvalue weighted by atomic mass is 32.2. The van der Waals surface area contributed by atoms with Crippen LogP contribution in [0.15, 0.2) is 89.8 Å². The molecule has 0 radical (unpaired) electrons. The first-order valence-corrected chi connectivity index (χ1v) is 11.3. The van der Waals surface area contributed by atoms with E-state index < -0.39 is 10.0 Å². The molecule has 1 atom stereocenters. The van der Waals surface area contributed by atoms with Gasteiger partial charge in [0.15, 0.2) is 0 Å². The molecular weight excluding hydrogens is 396 g/mol. The van der Waals surface area contributed by atoms with Crippen molar-refractivity contribution in [2.45, 2.75) is 30.8 Å². The van der Waals surface area contributed by atoms with Crippen molar-refractivity contribution in [1.82, 2.24) is 9.62 Å². The molecule has 0 saturated carbocycles. The number of sulfonamides is 1. The van der Waals surface area contributed by atoms with Gasteiger partial charge in [-0.2, -0.15) is 4.31 Å². The Labute approximate surface area is 178 Å². The van der Waals surface area contributed by atoms with Crippen LogP contribution >= 0.6 is 0 Å². The Kier molecular flexibility index (Phi) is 7.03. The molecule has 5 nitrogen and oxygen atoms in total. The van der Waals surface area contributed by atoms with Gasteiger partial charge in [0, 0.05) is 19.2 Å². The van der Waals surface area contributed by atoms with Crippen molar-refractivity contribution in [3.8, 4) is 0 Å². The maximum atomic E-state index is 12.7. The molecule has 1 N–H and O–H groups in total. The van der Waals surface area contributed by atoms with Gasteiger partial charge in [0.1, 0.15) is 0 Å². The maximum absolute atomic E-state index is 12.7. The minimum atomic E-state index is -3.56. The van der Waals surface area contributed by atoms with E-state index in [-0.39, 0.29) is 23.4 Å². The predicted molar refractivity (Wildman–Crippen MR) is 118 cm³/mol. The van der Waals surface area contributed by atoms with E-state index in [4.69, 9.17) is 0 Å². The standard InChI is InChI=1S/C24H26N2O3S/c1-3-23(20-10-6-4-7-11-20)25-24(27)21-16-14-19(15-17-21)18-26(2)30(28,29)22-12-8-5-9-13-22/h4-17,23H,3,18H2,1-2H3,(H,25,27). The molecule has 0 spiro atoms. The summed E-state index contributed by atoms with van der Waals surface area (Å²) in [6.45, 7) is 2.25. The first-order valence-electron chi connectivity index (χ1n) is 9.88. The van der Waals surface area contributed by atoms with E-state index in [0.29, 0.717) is 5.56 Å². The number of rotatable bonds is 8. The molecule has 30 heavy (non-hydrogen) atoms. The van der Waals surface area contributed by atoms with Crippen molar-refractivity contribution < 1.29 is 13.2 Å². The third-order valence-corrected chi connectivity index (χ3v) is 6.81. The fourth-order valence-electron chi connectivity index (χ4n) is 3.22. The van der Waals surface area contributed by atoms with Crippen LogP contribution in [0.1, 0.15) is 40.9 Å². The van der Waals surface area contributed by atoms with Gasteiger partial charge in [-0.3, -0.25) is 4.79 Å². The smallest absolute Gasteiger partial charge is 0.251 e. The highest BCUT2D eigenvalue weighted by Crippen LogP contribution is 2.19. The molecule has 0 aliphatic heterocycles. The fourth-order valence-corrected chi connectivity index (χ4v) is 4.40. The molecule has 3 aromatic carbocycles. The second-order valence-electron chi connectivity index (χ2n) is 7.12. The summed E-state index contributed by atoms with van der Waals surface area (Å²) in [7, 11) is -2.01. The van der Waals surface area contributed by atoms with E-state index in [1.165, 1.54) is 4.31 Å². The Balaban J connectivity index is 1.66. The van der Waals surface area contributed by atoms with Crippen molar-refractivity contribution in [3.05, 3.63) is 102 Å². The Hall–Kier alpha value is -2.96. The van der Waals surface area contributed by atoms with Crippen LogP contribution in [0.25, 0.3) is 0 Å². The van der Waals surface area contributed by atoms with Crippen molar-refractivity contribution >= 4 is 15.9 Å². The molecule has 3 aromatic rings. The molecule has 6 heteroatoms. The van der Waals surface area contributed by atoms with Gasteiger partial charge in [0.25, 0.3) is 5.91 Å². The normalized spacial score (nSPS) is 12.5. The minimum absolute atomic E-state index is 0.0551. The first kappa shape index (κ1) is 21.7. The lowest BCUT2D eigenvalue weighted by molar-refractivity contribution is 0.0935. The molecule has 0 heterocycles. The van der Waals surface area contributed by atoms with E-state index in [0.717, 1.165) is 17.5 Å². The number of nitrogens with zero attached hydrogens (tertiary/aromatic N) is 1. The largest absolute Gasteiger partial charge is 0.345 e. The Morgan fingerprint density at radius 1 is 0.900 bits per heavy atom. The van der Waals surface area contributed by atoms with Crippen LogP contribution < -0.4 is 5.32 Å². The lowest BCUT2D eigenvalue weighted by Gasteiger charge is -2.18. The number of carbonyl (C=O) groups is 1. The average Bonchev–Trinajstić information content (AvgIpc) is 2.79. The molecular formula is C24H26N2O3S. The van der Waals surface area contributed by atoms with Crippen LogP contribution in [0, 0.1) is 0 Å². The van der Waals surface area contributed by atoms with E-state index in [1.54, 1.807) is 61.6 Å². The molecule has 0 aromatic heterocycles. The van der Waals surface area contributed by atoms with Crippen LogP contribution in [-0.2, 0) is 16.6 Å². The summed E-state index contributed by atoms with van der Waals surface area (Å²) < 4.78 is 26.6. The molecule has 3 rings (SSSR count). The van der Waals surface area contributed by atoms with Crippen molar-refractivity contribution in [2.24, 2.45) is 0 Å². The topological polar surface area (TPSA) is 66.5 Å². The number of hydrogen-bond acceptors (Lipinski definition) is 3. The van der Waals surface area contributed by atoms with Crippen LogP contribution in [0.2, 0.25) is 0 Å². The van der Waals surface area contributed by atoms with Crippen LogP contribution in [0.3, 0.4) is 0 Å². The minimum Gasteiger partial charge on any atom is -0.345 e. The van der Waals surface area contributed by atoms with Gasteiger partial charge in [0.05, 0.1) is 10.9 Å². The summed E-state index contributed by atoms with van der Waals surface area (Å²) in [5.41, 5.74) is 2.42. The van der Waals surface area contributed by atoms with Gasteiger partial charge >= 0.3 is 0 Å². The molecule has 0 saturated heterocycles. The van der Waals surface area contributed by atoms with E-state index >= 15 is 0 Å². The van der Waals surface area contributed by atoms with Crippen molar-refractivity contribution in [2.75, 3.05) is 7.05 Å². The number of benzene rings is 3. The maximum Gasteiger partial charge on any atom is 0.251 e. The third-order valence-electron chi connectivity index (χ3n) is 4.99. The lowest BCUT2D eigenvalue weighted by atomic mass is 10.0. The molecule has 1 amide bonds. The van der Waals surface area contributed by atoms with E-state index in [1.807, 2.05) is 37.3 Å². The van der Waals surface area contributed by atoms with Gasteiger partial charge in [-0.15, -0.1) is 0 Å². The molecule has 0 aliphatic carbocycles. The van der Waals surface area contributed by atoms with Crippen LogP contribution in [-0.4, -0.2) is 25.7 Å². The zero-order valence-corrected chi connectivity index (χ0v) is 18.0.